The van der Waals surface area contributed by atoms with Gasteiger partial charge in [-0.25, -0.2) is 9.59 Å². The van der Waals surface area contributed by atoms with E-state index in [-0.39, 0.29) is 11.3 Å². The van der Waals surface area contributed by atoms with Gasteiger partial charge in [-0.2, -0.15) is 0 Å². The molecule has 1 amide bonds. The largest absolute Gasteiger partial charge is 0.478 e. The van der Waals surface area contributed by atoms with Crippen molar-refractivity contribution < 1.29 is 19.4 Å². The Morgan fingerprint density at radius 1 is 0.947 bits per heavy atom. The lowest BCUT2D eigenvalue weighted by Gasteiger charge is -2.08. The Balaban J connectivity index is 2.09. The van der Waals surface area contributed by atoms with E-state index in [0.29, 0.717) is 5.69 Å². The molecule has 0 saturated carbocycles. The van der Waals surface area contributed by atoms with Gasteiger partial charge in [0.05, 0.1) is 0 Å². The van der Waals surface area contributed by atoms with Gasteiger partial charge in [-0.3, -0.25) is 5.32 Å². The molecule has 2 rings (SSSR count). The van der Waals surface area contributed by atoms with E-state index in [2.05, 4.69) is 5.32 Å². The van der Waals surface area contributed by atoms with E-state index in [1.165, 1.54) is 12.1 Å². The molecule has 0 heterocycles. The lowest BCUT2D eigenvalue weighted by Crippen LogP contribution is -2.18. The first-order chi connectivity index (χ1) is 9.16. The Morgan fingerprint density at radius 2 is 1.58 bits per heavy atom. The normalized spacial score (nSPS) is 9.68. The van der Waals surface area contributed by atoms with E-state index >= 15 is 0 Å². The highest BCUT2D eigenvalue weighted by Crippen LogP contribution is 2.18. The Morgan fingerprint density at radius 3 is 2.26 bits per heavy atom. The minimum absolute atomic E-state index is 0.00318. The van der Waals surface area contributed by atoms with Crippen molar-refractivity contribution in [2.75, 3.05) is 5.32 Å². The van der Waals surface area contributed by atoms with Crippen LogP contribution in [0.4, 0.5) is 10.5 Å². The summed E-state index contributed by atoms with van der Waals surface area (Å²) in [5.74, 6) is -1.15. The van der Waals surface area contributed by atoms with Crippen LogP contribution in [-0.2, 0) is 0 Å². The molecule has 5 nitrogen and oxygen atoms in total. The van der Waals surface area contributed by atoms with Crippen molar-refractivity contribution in [2.45, 2.75) is 0 Å². The summed E-state index contributed by atoms with van der Waals surface area (Å²) in [5.41, 5.74) is 0.506. The summed E-state index contributed by atoms with van der Waals surface area (Å²) < 4.78 is 4.98. The Kier molecular flexibility index (Phi) is 3.78. The van der Waals surface area contributed by atoms with Gasteiger partial charge in [0.2, 0.25) is 0 Å². The van der Waals surface area contributed by atoms with Crippen LogP contribution < -0.4 is 10.1 Å². The van der Waals surface area contributed by atoms with Crippen LogP contribution in [0.25, 0.3) is 0 Å². The maximum Gasteiger partial charge on any atom is 0.417 e. The summed E-state index contributed by atoms with van der Waals surface area (Å²) in [7, 11) is 0. The molecule has 0 aliphatic rings. The zero-order chi connectivity index (χ0) is 13.7. The molecular formula is C14H11NO4. The topological polar surface area (TPSA) is 75.6 Å². The number of para-hydroxylation sites is 2. The van der Waals surface area contributed by atoms with Crippen LogP contribution >= 0.6 is 0 Å². The summed E-state index contributed by atoms with van der Waals surface area (Å²) in [6.45, 7) is 0. The maximum atomic E-state index is 11.6. The predicted molar refractivity (Wildman–Crippen MR) is 69.5 cm³/mol. The number of ether oxygens (including phenoxy) is 1. The molecule has 0 aromatic heterocycles. The number of benzene rings is 2. The van der Waals surface area contributed by atoms with Crippen molar-refractivity contribution in [3.63, 3.8) is 0 Å². The second kappa shape index (κ2) is 5.68. The van der Waals surface area contributed by atoms with E-state index in [9.17, 15) is 9.59 Å². The van der Waals surface area contributed by atoms with E-state index < -0.39 is 12.1 Å². The van der Waals surface area contributed by atoms with E-state index in [1.54, 1.807) is 36.4 Å². The number of carbonyl (C=O) groups is 2. The van der Waals surface area contributed by atoms with Gasteiger partial charge in [-0.1, -0.05) is 30.3 Å². The second-order valence-electron chi connectivity index (χ2n) is 3.68. The second-order valence-corrected chi connectivity index (χ2v) is 3.68. The fourth-order valence-electron chi connectivity index (χ4n) is 1.50. The lowest BCUT2D eigenvalue weighted by atomic mass is 10.2. The van der Waals surface area contributed by atoms with Gasteiger partial charge in [0.1, 0.15) is 11.3 Å². The smallest absolute Gasteiger partial charge is 0.417 e. The van der Waals surface area contributed by atoms with E-state index in [4.69, 9.17) is 9.84 Å². The lowest BCUT2D eigenvalue weighted by molar-refractivity contribution is 0.0694. The fraction of sp³-hybridized carbons (Fsp3) is 0. The van der Waals surface area contributed by atoms with Crippen LogP contribution in [0.2, 0.25) is 0 Å². The number of anilines is 1. The van der Waals surface area contributed by atoms with Gasteiger partial charge in [-0.05, 0) is 24.3 Å². The highest BCUT2D eigenvalue weighted by molar-refractivity contribution is 5.93. The molecule has 5 heteroatoms. The number of carboxylic acids is 1. The molecule has 19 heavy (non-hydrogen) atoms. The summed E-state index contributed by atoms with van der Waals surface area (Å²) in [5, 5.41) is 11.5. The molecule has 0 aliphatic heterocycles. The van der Waals surface area contributed by atoms with Crippen molar-refractivity contribution in [3.8, 4) is 5.75 Å². The summed E-state index contributed by atoms with van der Waals surface area (Å²) in [6, 6.07) is 14.7. The number of hydrogen-bond donors (Lipinski definition) is 2. The maximum absolute atomic E-state index is 11.6. The van der Waals surface area contributed by atoms with Crippen molar-refractivity contribution in [2.24, 2.45) is 0 Å². The summed E-state index contributed by atoms with van der Waals surface area (Å²) >= 11 is 0. The minimum atomic E-state index is -1.15. The molecule has 2 aromatic rings. The molecule has 0 spiro atoms. The molecule has 96 valence electrons. The number of rotatable bonds is 3. The third kappa shape index (κ3) is 3.32. The first kappa shape index (κ1) is 12.6. The van der Waals surface area contributed by atoms with Crippen LogP contribution in [0.3, 0.4) is 0 Å². The van der Waals surface area contributed by atoms with Gasteiger partial charge >= 0.3 is 12.1 Å². The van der Waals surface area contributed by atoms with Crippen molar-refractivity contribution >= 4 is 17.7 Å². The van der Waals surface area contributed by atoms with Gasteiger partial charge in [0.15, 0.2) is 0 Å². The Hall–Kier alpha value is -2.82. The highest BCUT2D eigenvalue weighted by Gasteiger charge is 2.13. The molecule has 0 aliphatic carbocycles. The number of nitrogens with one attached hydrogen (secondary N) is 1. The fourth-order valence-corrected chi connectivity index (χ4v) is 1.50. The van der Waals surface area contributed by atoms with Crippen LogP contribution in [0.1, 0.15) is 10.4 Å². The third-order valence-electron chi connectivity index (χ3n) is 2.34. The van der Waals surface area contributed by atoms with Crippen LogP contribution in [0.15, 0.2) is 54.6 Å². The van der Waals surface area contributed by atoms with Gasteiger partial charge < -0.3 is 9.84 Å². The van der Waals surface area contributed by atoms with Gasteiger partial charge in [0, 0.05) is 5.69 Å². The Labute approximate surface area is 109 Å². The van der Waals surface area contributed by atoms with Crippen molar-refractivity contribution in [3.05, 3.63) is 60.2 Å². The molecule has 0 bridgehead atoms. The van der Waals surface area contributed by atoms with E-state index in [0.717, 1.165) is 0 Å². The average molecular weight is 257 g/mol. The highest BCUT2D eigenvalue weighted by atomic mass is 16.6. The Bertz CT molecular complexity index is 595. The molecule has 0 unspecified atom stereocenters. The first-order valence-corrected chi connectivity index (χ1v) is 5.53. The van der Waals surface area contributed by atoms with Crippen molar-refractivity contribution in [1.82, 2.24) is 0 Å². The first-order valence-electron chi connectivity index (χ1n) is 5.53. The molecule has 0 fully saturated rings. The number of carbonyl (C=O) groups excluding carboxylic acids is 1. The number of carboxylic acid groups (broad SMARTS) is 1. The quantitative estimate of drug-likeness (QED) is 0.886. The molecule has 0 saturated heterocycles. The third-order valence-corrected chi connectivity index (χ3v) is 2.34. The molecule has 2 aromatic carbocycles. The van der Waals surface area contributed by atoms with Gasteiger partial charge in [-0.15, -0.1) is 0 Å². The monoisotopic (exact) mass is 257 g/mol. The van der Waals surface area contributed by atoms with Crippen LogP contribution in [0.5, 0.6) is 5.75 Å². The SMILES string of the molecule is O=C(Nc1ccccc1)Oc1ccccc1C(=O)O. The van der Waals surface area contributed by atoms with E-state index in [1.807, 2.05) is 6.07 Å². The molecule has 2 N–H and O–H groups in total. The number of hydrogen-bond acceptors (Lipinski definition) is 3. The summed E-state index contributed by atoms with van der Waals surface area (Å²) in [4.78, 5) is 22.6. The predicted octanol–water partition coefficient (Wildman–Crippen LogP) is 3.00. The number of aromatic carboxylic acids is 1. The standard InChI is InChI=1S/C14H11NO4/c16-13(17)11-8-4-5-9-12(11)19-14(18)15-10-6-2-1-3-7-10/h1-9H,(H,15,18)(H,16,17). The zero-order valence-electron chi connectivity index (χ0n) is 9.87. The van der Waals surface area contributed by atoms with Crippen LogP contribution in [0, 0.1) is 0 Å². The van der Waals surface area contributed by atoms with Crippen molar-refractivity contribution in [1.29, 1.82) is 0 Å². The molecule has 0 radical (unpaired) electrons. The van der Waals surface area contributed by atoms with Gasteiger partial charge in [0.25, 0.3) is 0 Å². The average Bonchev–Trinajstić information content (AvgIpc) is 2.40. The summed E-state index contributed by atoms with van der Waals surface area (Å²) in [6.07, 6.45) is -0.736. The molecular weight excluding hydrogens is 246 g/mol. The van der Waals surface area contributed by atoms with Crippen LogP contribution in [-0.4, -0.2) is 17.2 Å². The number of amides is 1. The zero-order valence-corrected chi connectivity index (χ0v) is 9.87. The minimum Gasteiger partial charge on any atom is -0.478 e. The molecule has 0 atom stereocenters.